The van der Waals surface area contributed by atoms with Gasteiger partial charge in [0.15, 0.2) is 0 Å². The third-order valence-corrected chi connectivity index (χ3v) is 5.70. The van der Waals surface area contributed by atoms with E-state index >= 15 is 0 Å². The molecule has 0 amide bonds. The van der Waals surface area contributed by atoms with Crippen molar-refractivity contribution in [1.82, 2.24) is 0 Å². The third-order valence-electron chi connectivity index (χ3n) is 5.70. The van der Waals surface area contributed by atoms with Crippen molar-refractivity contribution < 1.29 is 14.3 Å². The Hall–Kier alpha value is -0.860. The van der Waals surface area contributed by atoms with Crippen LogP contribution in [0.5, 0.6) is 0 Å². The van der Waals surface area contributed by atoms with Gasteiger partial charge in [-0.05, 0) is 26.2 Å². The molecule has 3 nitrogen and oxygen atoms in total. The monoisotopic (exact) mass is 410 g/mol. The average Bonchev–Trinajstić information content (AvgIpc) is 2.71. The molecule has 0 aliphatic heterocycles. The van der Waals surface area contributed by atoms with Crippen molar-refractivity contribution in [3.63, 3.8) is 0 Å². The second-order valence-electron chi connectivity index (χ2n) is 8.60. The number of esters is 1. The maximum Gasteiger partial charge on any atom is 0.305 e. The first-order chi connectivity index (χ1) is 14.2. The van der Waals surface area contributed by atoms with Crippen LogP contribution in [0, 0.1) is 0 Å². The van der Waals surface area contributed by atoms with Crippen LogP contribution >= 0.6 is 0 Å². The van der Waals surface area contributed by atoms with E-state index < -0.39 is 0 Å². The standard InChI is InChI=1S/C26H50O3/c1-3-5-6-7-8-13-16-19-22-25(27)23-20-17-14-11-9-10-12-15-18-21-24-26(28)29-4-2/h3-24H2,1-2H3. The van der Waals surface area contributed by atoms with Gasteiger partial charge in [0.25, 0.3) is 0 Å². The summed E-state index contributed by atoms with van der Waals surface area (Å²) in [7, 11) is 0. The largest absolute Gasteiger partial charge is 0.466 e. The molecule has 3 heteroatoms. The van der Waals surface area contributed by atoms with E-state index in [0.29, 0.717) is 18.8 Å². The highest BCUT2D eigenvalue weighted by Gasteiger charge is 2.03. The van der Waals surface area contributed by atoms with Crippen LogP contribution in [0.2, 0.25) is 0 Å². The molecule has 0 saturated heterocycles. The Morgan fingerprint density at radius 2 is 0.828 bits per heavy atom. The summed E-state index contributed by atoms with van der Waals surface area (Å²) >= 11 is 0. The second-order valence-corrected chi connectivity index (χ2v) is 8.60. The molecule has 0 aromatic heterocycles. The van der Waals surface area contributed by atoms with Crippen molar-refractivity contribution in [2.75, 3.05) is 6.61 Å². The van der Waals surface area contributed by atoms with Gasteiger partial charge in [-0.3, -0.25) is 9.59 Å². The molecule has 0 heterocycles. The number of carbonyl (C=O) groups excluding carboxylic acids is 2. The Balaban J connectivity index is 3.18. The Labute approximate surface area is 181 Å². The lowest BCUT2D eigenvalue weighted by Crippen LogP contribution is -2.03. The molecular formula is C26H50O3. The Morgan fingerprint density at radius 1 is 0.483 bits per heavy atom. The number of hydrogen-bond donors (Lipinski definition) is 0. The fourth-order valence-electron chi connectivity index (χ4n) is 3.82. The molecule has 29 heavy (non-hydrogen) atoms. The molecule has 0 N–H and O–H groups in total. The first-order valence-electron chi connectivity index (χ1n) is 12.9. The minimum absolute atomic E-state index is 0.0520. The van der Waals surface area contributed by atoms with E-state index in [0.717, 1.165) is 38.5 Å². The van der Waals surface area contributed by atoms with Crippen molar-refractivity contribution in [3.05, 3.63) is 0 Å². The van der Waals surface area contributed by atoms with Gasteiger partial charge >= 0.3 is 5.97 Å². The lowest BCUT2D eigenvalue weighted by molar-refractivity contribution is -0.143. The topological polar surface area (TPSA) is 43.4 Å². The molecule has 0 bridgehead atoms. The Kier molecular flexibility index (Phi) is 22.7. The van der Waals surface area contributed by atoms with Crippen LogP contribution in [0.25, 0.3) is 0 Å². The summed E-state index contributed by atoms with van der Waals surface area (Å²) in [6, 6.07) is 0. The molecule has 0 unspecified atom stereocenters. The highest BCUT2D eigenvalue weighted by Crippen LogP contribution is 2.14. The number of ether oxygens (including phenoxy) is 1. The molecule has 0 fully saturated rings. The molecule has 0 rings (SSSR count). The lowest BCUT2D eigenvalue weighted by Gasteiger charge is -2.04. The molecular weight excluding hydrogens is 360 g/mol. The highest BCUT2D eigenvalue weighted by molar-refractivity contribution is 5.78. The van der Waals surface area contributed by atoms with Crippen LogP contribution < -0.4 is 0 Å². The predicted octanol–water partition coefficient (Wildman–Crippen LogP) is 8.33. The fourth-order valence-corrected chi connectivity index (χ4v) is 3.82. The summed E-state index contributed by atoms with van der Waals surface area (Å²) in [5, 5.41) is 0. The summed E-state index contributed by atoms with van der Waals surface area (Å²) < 4.78 is 4.93. The van der Waals surface area contributed by atoms with Crippen LogP contribution in [0.3, 0.4) is 0 Å². The van der Waals surface area contributed by atoms with Gasteiger partial charge in [0.1, 0.15) is 5.78 Å². The molecule has 0 spiro atoms. The van der Waals surface area contributed by atoms with E-state index in [1.54, 1.807) is 0 Å². The summed E-state index contributed by atoms with van der Waals surface area (Å²) in [5.41, 5.74) is 0. The minimum Gasteiger partial charge on any atom is -0.466 e. The van der Waals surface area contributed by atoms with Crippen molar-refractivity contribution in [2.24, 2.45) is 0 Å². The van der Waals surface area contributed by atoms with Gasteiger partial charge in [-0.2, -0.15) is 0 Å². The Morgan fingerprint density at radius 3 is 1.21 bits per heavy atom. The van der Waals surface area contributed by atoms with Crippen molar-refractivity contribution >= 4 is 11.8 Å². The molecule has 0 aromatic carbocycles. The van der Waals surface area contributed by atoms with Gasteiger partial charge in [0, 0.05) is 19.3 Å². The number of Topliss-reactive ketones (excluding diaryl/α,β-unsaturated/α-hetero) is 1. The summed E-state index contributed by atoms with van der Waals surface area (Å²) in [5.74, 6) is 0.433. The fraction of sp³-hybridized carbons (Fsp3) is 0.923. The van der Waals surface area contributed by atoms with Gasteiger partial charge in [0.2, 0.25) is 0 Å². The van der Waals surface area contributed by atoms with E-state index in [4.69, 9.17) is 4.74 Å². The van der Waals surface area contributed by atoms with E-state index in [9.17, 15) is 9.59 Å². The van der Waals surface area contributed by atoms with Gasteiger partial charge in [0.05, 0.1) is 6.61 Å². The quantitative estimate of drug-likeness (QED) is 0.126. The summed E-state index contributed by atoms with van der Waals surface area (Å²) in [6.45, 7) is 4.60. The molecule has 172 valence electrons. The van der Waals surface area contributed by atoms with Gasteiger partial charge in [-0.1, -0.05) is 103 Å². The number of unbranched alkanes of at least 4 members (excludes halogenated alkanes) is 16. The number of carbonyl (C=O) groups is 2. The molecule has 0 aromatic rings. The van der Waals surface area contributed by atoms with E-state index in [1.807, 2.05) is 6.92 Å². The van der Waals surface area contributed by atoms with Crippen molar-refractivity contribution in [2.45, 2.75) is 149 Å². The highest BCUT2D eigenvalue weighted by atomic mass is 16.5. The SMILES string of the molecule is CCCCCCCCCCC(=O)CCCCCCCCCCCCC(=O)OCC. The normalized spacial score (nSPS) is 11.0. The second kappa shape index (κ2) is 23.4. The number of hydrogen-bond acceptors (Lipinski definition) is 3. The molecule has 0 saturated carbocycles. The zero-order valence-electron chi connectivity index (χ0n) is 19.8. The van der Waals surface area contributed by atoms with Crippen LogP contribution in [-0.2, 0) is 14.3 Å². The van der Waals surface area contributed by atoms with Crippen LogP contribution in [0.1, 0.15) is 149 Å². The number of rotatable bonds is 23. The van der Waals surface area contributed by atoms with Crippen molar-refractivity contribution in [1.29, 1.82) is 0 Å². The lowest BCUT2D eigenvalue weighted by atomic mass is 10.0. The summed E-state index contributed by atoms with van der Waals surface area (Å²) in [6.07, 6.45) is 24.7. The van der Waals surface area contributed by atoms with Crippen molar-refractivity contribution in [3.8, 4) is 0 Å². The smallest absolute Gasteiger partial charge is 0.305 e. The number of ketones is 1. The van der Waals surface area contributed by atoms with Crippen LogP contribution in [-0.4, -0.2) is 18.4 Å². The average molecular weight is 411 g/mol. The zero-order valence-corrected chi connectivity index (χ0v) is 19.8. The van der Waals surface area contributed by atoms with Crippen LogP contribution in [0.15, 0.2) is 0 Å². The summed E-state index contributed by atoms with van der Waals surface area (Å²) in [4.78, 5) is 23.1. The van der Waals surface area contributed by atoms with Gasteiger partial charge < -0.3 is 4.74 Å². The zero-order chi connectivity index (χ0) is 21.4. The van der Waals surface area contributed by atoms with Gasteiger partial charge in [-0.25, -0.2) is 0 Å². The van der Waals surface area contributed by atoms with E-state index in [2.05, 4.69) is 6.92 Å². The molecule has 0 atom stereocenters. The van der Waals surface area contributed by atoms with E-state index in [-0.39, 0.29) is 5.97 Å². The maximum atomic E-state index is 11.9. The van der Waals surface area contributed by atoms with Crippen LogP contribution in [0.4, 0.5) is 0 Å². The van der Waals surface area contributed by atoms with E-state index in [1.165, 1.54) is 89.9 Å². The van der Waals surface area contributed by atoms with Gasteiger partial charge in [-0.15, -0.1) is 0 Å². The molecule has 0 aliphatic rings. The Bertz CT molecular complexity index is 365. The minimum atomic E-state index is -0.0520. The molecule has 0 radical (unpaired) electrons. The first-order valence-corrected chi connectivity index (χ1v) is 12.9. The maximum absolute atomic E-state index is 11.9. The molecule has 0 aliphatic carbocycles. The third kappa shape index (κ3) is 23.3. The predicted molar refractivity (Wildman–Crippen MR) is 124 cm³/mol. The first kappa shape index (κ1) is 28.1.